The molecule has 0 aliphatic carbocycles. The van der Waals surface area contributed by atoms with Crippen LogP contribution in [0.5, 0.6) is 11.5 Å². The van der Waals surface area contributed by atoms with Crippen LogP contribution >= 0.6 is 0 Å². The van der Waals surface area contributed by atoms with E-state index in [4.69, 9.17) is 9.47 Å². The van der Waals surface area contributed by atoms with E-state index in [-0.39, 0.29) is 36.3 Å². The summed E-state index contributed by atoms with van der Waals surface area (Å²) in [4.78, 5) is 25.4. The first-order valence-electron chi connectivity index (χ1n) is 10.8. The summed E-state index contributed by atoms with van der Waals surface area (Å²) in [6.45, 7) is 2.09. The van der Waals surface area contributed by atoms with Crippen LogP contribution in [0.1, 0.15) is 24.9 Å². The van der Waals surface area contributed by atoms with Gasteiger partial charge in [0.25, 0.3) is 5.56 Å². The third-order valence-corrected chi connectivity index (χ3v) is 5.61. The van der Waals surface area contributed by atoms with Gasteiger partial charge >= 0.3 is 0 Å². The second kappa shape index (κ2) is 9.78. The van der Waals surface area contributed by atoms with Gasteiger partial charge in [0.1, 0.15) is 11.3 Å². The van der Waals surface area contributed by atoms with Gasteiger partial charge in [-0.25, -0.2) is 8.91 Å². The lowest BCUT2D eigenvalue weighted by atomic mass is 10.1. The minimum atomic E-state index is -0.339. The molecule has 0 aliphatic heterocycles. The highest BCUT2D eigenvalue weighted by Crippen LogP contribution is 2.29. The Morgan fingerprint density at radius 3 is 2.50 bits per heavy atom. The molecule has 2 heterocycles. The molecule has 1 atom stereocenters. The zero-order valence-electron chi connectivity index (χ0n) is 19.1. The van der Waals surface area contributed by atoms with Crippen LogP contribution in [0.2, 0.25) is 0 Å². The number of amides is 1. The van der Waals surface area contributed by atoms with Gasteiger partial charge in [-0.15, -0.1) is 0 Å². The van der Waals surface area contributed by atoms with Crippen molar-refractivity contribution in [3.63, 3.8) is 0 Å². The van der Waals surface area contributed by atoms with E-state index in [9.17, 15) is 14.0 Å². The highest BCUT2D eigenvalue weighted by molar-refractivity contribution is 5.76. The summed E-state index contributed by atoms with van der Waals surface area (Å²) in [5, 5.41) is 7.33. The van der Waals surface area contributed by atoms with Crippen molar-refractivity contribution in [3.05, 3.63) is 82.7 Å². The van der Waals surface area contributed by atoms with E-state index >= 15 is 0 Å². The van der Waals surface area contributed by atoms with Crippen LogP contribution in [0, 0.1) is 5.82 Å². The fourth-order valence-electron chi connectivity index (χ4n) is 3.71. The number of halogens is 1. The molecule has 34 heavy (non-hydrogen) atoms. The van der Waals surface area contributed by atoms with Crippen molar-refractivity contribution < 1.29 is 18.7 Å². The first-order valence-corrected chi connectivity index (χ1v) is 10.8. The number of aromatic nitrogens is 3. The quantitative estimate of drug-likeness (QED) is 0.431. The third kappa shape index (κ3) is 4.78. The molecule has 0 saturated carbocycles. The summed E-state index contributed by atoms with van der Waals surface area (Å²) in [6, 6.07) is 12.8. The summed E-state index contributed by atoms with van der Waals surface area (Å²) in [6.07, 6.45) is 3.39. The number of methoxy groups -OCH3 is 2. The van der Waals surface area contributed by atoms with E-state index in [1.165, 1.54) is 21.2 Å². The van der Waals surface area contributed by atoms with Gasteiger partial charge in [0.05, 0.1) is 26.0 Å². The summed E-state index contributed by atoms with van der Waals surface area (Å²) in [5.74, 6) is 0.673. The lowest BCUT2D eigenvalue weighted by molar-refractivity contribution is -0.121. The van der Waals surface area contributed by atoms with E-state index in [0.29, 0.717) is 28.3 Å². The third-order valence-electron chi connectivity index (χ3n) is 5.61. The zero-order valence-corrected chi connectivity index (χ0v) is 19.1. The van der Waals surface area contributed by atoms with E-state index in [0.717, 1.165) is 5.56 Å². The molecule has 4 aromatic rings. The Balaban J connectivity index is 1.43. The van der Waals surface area contributed by atoms with Crippen molar-refractivity contribution in [1.82, 2.24) is 19.5 Å². The highest BCUT2D eigenvalue weighted by atomic mass is 19.1. The molecule has 0 fully saturated rings. The molecule has 9 heteroatoms. The lowest BCUT2D eigenvalue weighted by Gasteiger charge is -2.17. The van der Waals surface area contributed by atoms with Gasteiger partial charge in [0.15, 0.2) is 11.5 Å². The maximum atomic E-state index is 13.2. The molecule has 8 nitrogen and oxygen atoms in total. The van der Waals surface area contributed by atoms with Crippen molar-refractivity contribution in [2.45, 2.75) is 25.9 Å². The van der Waals surface area contributed by atoms with Gasteiger partial charge in [-0.05, 0) is 55.0 Å². The molecule has 0 aliphatic rings. The van der Waals surface area contributed by atoms with Crippen LogP contribution in [-0.2, 0) is 11.3 Å². The molecule has 2 aromatic heterocycles. The van der Waals surface area contributed by atoms with Crippen LogP contribution in [0.15, 0.2) is 65.7 Å². The number of carbonyl (C=O) groups excluding carboxylic acids is 1. The van der Waals surface area contributed by atoms with Crippen LogP contribution in [0.3, 0.4) is 0 Å². The van der Waals surface area contributed by atoms with E-state index < -0.39 is 0 Å². The predicted molar refractivity (Wildman–Crippen MR) is 126 cm³/mol. The highest BCUT2D eigenvalue weighted by Gasteiger charge is 2.14. The molecule has 2 aromatic carbocycles. The zero-order chi connectivity index (χ0) is 24.2. The molecule has 1 amide bonds. The molecular formula is C25H25FN4O4. The van der Waals surface area contributed by atoms with E-state index in [2.05, 4.69) is 10.4 Å². The summed E-state index contributed by atoms with van der Waals surface area (Å²) in [7, 11) is 3.12. The molecule has 0 radical (unpaired) electrons. The molecule has 1 N–H and O–H groups in total. The SMILES string of the molecule is COc1ccc(C(C)NC(=O)CCn2ccn3nc(-c4ccc(F)cc4)cc3c2=O)cc1OC. The Kier molecular flexibility index (Phi) is 6.62. The molecular weight excluding hydrogens is 439 g/mol. The van der Waals surface area contributed by atoms with Gasteiger partial charge in [-0.2, -0.15) is 5.10 Å². The Hall–Kier alpha value is -4.14. The number of benzene rings is 2. The molecule has 176 valence electrons. The fraction of sp³-hybridized carbons (Fsp3) is 0.240. The molecule has 1 unspecified atom stereocenters. The van der Waals surface area contributed by atoms with Gasteiger partial charge in [-0.1, -0.05) is 6.07 Å². The number of hydrogen-bond donors (Lipinski definition) is 1. The Labute approximate surface area is 195 Å². The first-order chi connectivity index (χ1) is 16.4. The fourth-order valence-corrected chi connectivity index (χ4v) is 3.71. The Morgan fingerprint density at radius 2 is 1.79 bits per heavy atom. The minimum Gasteiger partial charge on any atom is -0.493 e. The number of hydrogen-bond acceptors (Lipinski definition) is 5. The van der Waals surface area contributed by atoms with Gasteiger partial charge in [0.2, 0.25) is 5.91 Å². The van der Waals surface area contributed by atoms with Gasteiger partial charge < -0.3 is 19.4 Å². The number of ether oxygens (including phenoxy) is 2. The number of fused-ring (bicyclic) bond motifs is 1. The molecule has 0 bridgehead atoms. The molecule has 0 saturated heterocycles. The van der Waals surface area contributed by atoms with Crippen molar-refractivity contribution in [2.75, 3.05) is 14.2 Å². The van der Waals surface area contributed by atoms with Crippen molar-refractivity contribution >= 4 is 11.4 Å². The number of nitrogens with zero attached hydrogens (tertiary/aromatic N) is 3. The Bertz CT molecular complexity index is 1380. The number of carbonyl (C=O) groups is 1. The average molecular weight is 464 g/mol. The number of rotatable bonds is 8. The maximum Gasteiger partial charge on any atom is 0.276 e. The average Bonchev–Trinajstić information content (AvgIpc) is 3.28. The van der Waals surface area contributed by atoms with E-state index in [1.54, 1.807) is 50.9 Å². The van der Waals surface area contributed by atoms with Gasteiger partial charge in [-0.3, -0.25) is 9.59 Å². The smallest absolute Gasteiger partial charge is 0.276 e. The van der Waals surface area contributed by atoms with Crippen LogP contribution in [0.25, 0.3) is 16.8 Å². The minimum absolute atomic E-state index is 0.132. The standard InChI is InChI=1S/C25H25FN4O4/c1-16(18-6-9-22(33-2)23(14-18)34-3)27-24(31)10-11-29-12-13-30-21(25(29)32)15-20(28-30)17-4-7-19(26)8-5-17/h4-9,12-16H,10-11H2,1-3H3,(H,27,31). The lowest BCUT2D eigenvalue weighted by Crippen LogP contribution is -2.29. The van der Waals surface area contributed by atoms with Gasteiger partial charge in [0, 0.05) is 30.9 Å². The largest absolute Gasteiger partial charge is 0.493 e. The molecule has 0 spiro atoms. The van der Waals surface area contributed by atoms with Crippen molar-refractivity contribution in [1.29, 1.82) is 0 Å². The maximum absolute atomic E-state index is 13.2. The number of aryl methyl sites for hydroxylation is 1. The summed E-state index contributed by atoms with van der Waals surface area (Å²) >= 11 is 0. The number of nitrogens with one attached hydrogen (secondary N) is 1. The summed E-state index contributed by atoms with van der Waals surface area (Å²) in [5.41, 5.74) is 2.26. The normalized spacial score (nSPS) is 11.9. The topological polar surface area (TPSA) is 86.9 Å². The second-order valence-corrected chi connectivity index (χ2v) is 7.82. The van der Waals surface area contributed by atoms with Crippen LogP contribution in [-0.4, -0.2) is 34.3 Å². The molecule has 4 rings (SSSR count). The van der Waals surface area contributed by atoms with Crippen molar-refractivity contribution in [3.8, 4) is 22.8 Å². The summed E-state index contributed by atoms with van der Waals surface area (Å²) < 4.78 is 26.7. The van der Waals surface area contributed by atoms with Crippen molar-refractivity contribution in [2.24, 2.45) is 0 Å². The first kappa shape index (κ1) is 23.0. The van der Waals surface area contributed by atoms with Crippen LogP contribution in [0.4, 0.5) is 4.39 Å². The second-order valence-electron chi connectivity index (χ2n) is 7.82. The predicted octanol–water partition coefficient (Wildman–Crippen LogP) is 3.59. The monoisotopic (exact) mass is 464 g/mol. The van der Waals surface area contributed by atoms with E-state index in [1.807, 2.05) is 19.1 Å². The van der Waals surface area contributed by atoms with Crippen LogP contribution < -0.4 is 20.3 Å². The Morgan fingerprint density at radius 1 is 1.06 bits per heavy atom.